The van der Waals surface area contributed by atoms with Gasteiger partial charge in [0, 0.05) is 6.07 Å². The van der Waals surface area contributed by atoms with E-state index in [0.29, 0.717) is 11.1 Å². The van der Waals surface area contributed by atoms with E-state index in [0.717, 1.165) is 5.56 Å². The maximum atomic E-state index is 12.2. The van der Waals surface area contributed by atoms with E-state index in [1.54, 1.807) is 19.1 Å². The van der Waals surface area contributed by atoms with Gasteiger partial charge in [-0.1, -0.05) is 30.3 Å². The highest BCUT2D eigenvalue weighted by Gasteiger charge is 2.26. The van der Waals surface area contributed by atoms with Gasteiger partial charge in [-0.2, -0.15) is 8.42 Å². The second-order valence-corrected chi connectivity index (χ2v) is 6.45. The first-order valence-corrected chi connectivity index (χ1v) is 7.91. The molecule has 0 aliphatic heterocycles. The molecular weight excluding hydrogens is 306 g/mol. The van der Waals surface area contributed by atoms with Gasteiger partial charge in [-0.3, -0.25) is 14.3 Å². The Morgan fingerprint density at radius 3 is 2.45 bits per heavy atom. The van der Waals surface area contributed by atoms with Crippen molar-refractivity contribution in [2.45, 2.75) is 25.3 Å². The molecule has 0 unspecified atom stereocenters. The van der Waals surface area contributed by atoms with Crippen molar-refractivity contribution < 1.29 is 17.5 Å². The third-order valence-corrected chi connectivity index (χ3v) is 4.52. The van der Waals surface area contributed by atoms with E-state index in [2.05, 4.69) is 0 Å². The second-order valence-electron chi connectivity index (χ2n) is 4.87. The van der Waals surface area contributed by atoms with Crippen molar-refractivity contribution in [2.24, 2.45) is 0 Å². The Labute approximate surface area is 128 Å². The largest absolute Gasteiger partial charge is 0.304 e. The minimum absolute atomic E-state index is 0.167. The van der Waals surface area contributed by atoms with Crippen LogP contribution in [0, 0.1) is 24.0 Å². The first kappa shape index (κ1) is 16.1. The molecule has 0 radical (unpaired) electrons. The molecule has 2 aromatic rings. The van der Waals surface area contributed by atoms with E-state index in [1.165, 1.54) is 18.2 Å². The molecule has 0 bridgehead atoms. The van der Waals surface area contributed by atoms with E-state index in [1.807, 2.05) is 19.1 Å². The van der Waals surface area contributed by atoms with Crippen molar-refractivity contribution in [3.8, 4) is 0 Å². The smallest absolute Gasteiger partial charge is 0.261 e. The number of benzene rings is 2. The lowest BCUT2D eigenvalue weighted by molar-refractivity contribution is -0.388. The minimum Gasteiger partial charge on any atom is -0.261 e. The first-order chi connectivity index (χ1) is 10.3. The zero-order chi connectivity index (χ0) is 16.3. The zero-order valence-electron chi connectivity index (χ0n) is 12.1. The van der Waals surface area contributed by atoms with Crippen molar-refractivity contribution in [1.29, 1.82) is 0 Å². The van der Waals surface area contributed by atoms with Gasteiger partial charge in [0.1, 0.15) is 0 Å². The van der Waals surface area contributed by atoms with Gasteiger partial charge < -0.3 is 0 Å². The molecule has 22 heavy (non-hydrogen) atoms. The van der Waals surface area contributed by atoms with Crippen molar-refractivity contribution in [3.63, 3.8) is 0 Å². The summed E-state index contributed by atoms with van der Waals surface area (Å²) in [6, 6.07) is 11.1. The van der Waals surface area contributed by atoms with Crippen LogP contribution in [0.15, 0.2) is 47.4 Å². The Bertz CT molecular complexity index is 814. The molecule has 0 heterocycles. The second kappa shape index (κ2) is 6.25. The Morgan fingerprint density at radius 2 is 1.82 bits per heavy atom. The predicted octanol–water partition coefficient (Wildman–Crippen LogP) is 3.12. The van der Waals surface area contributed by atoms with Gasteiger partial charge in [-0.05, 0) is 36.6 Å². The molecule has 0 aliphatic rings. The molecule has 0 N–H and O–H groups in total. The summed E-state index contributed by atoms with van der Waals surface area (Å²) in [5.74, 6) is 0. The van der Waals surface area contributed by atoms with Gasteiger partial charge in [0.2, 0.25) is 0 Å². The number of rotatable bonds is 5. The van der Waals surface area contributed by atoms with Gasteiger partial charge in [-0.25, -0.2) is 0 Å². The number of aryl methyl sites for hydroxylation is 2. The lowest BCUT2D eigenvalue weighted by Gasteiger charge is -2.08. The fourth-order valence-electron chi connectivity index (χ4n) is 1.96. The number of hydrogen-bond donors (Lipinski definition) is 0. The van der Waals surface area contributed by atoms with Crippen LogP contribution in [-0.4, -0.2) is 13.3 Å². The molecule has 2 aromatic carbocycles. The maximum Gasteiger partial charge on any atom is 0.304 e. The lowest BCUT2D eigenvalue weighted by atomic mass is 10.1. The number of nitrogens with zero attached hydrogens (tertiary/aromatic N) is 1. The van der Waals surface area contributed by atoms with Crippen LogP contribution in [0.2, 0.25) is 0 Å². The molecule has 6 nitrogen and oxygen atoms in total. The lowest BCUT2D eigenvalue weighted by Crippen LogP contribution is -2.09. The maximum absolute atomic E-state index is 12.2. The van der Waals surface area contributed by atoms with Crippen LogP contribution in [0.1, 0.15) is 16.7 Å². The summed E-state index contributed by atoms with van der Waals surface area (Å²) in [7, 11) is -4.21. The molecule has 7 heteroatoms. The van der Waals surface area contributed by atoms with Crippen LogP contribution in [0.4, 0.5) is 5.69 Å². The molecule has 0 spiro atoms. The standard InChI is InChI=1S/C15H15NO5S/c1-11-7-8-15(14(9-11)16(17)18)22(19,20)21-10-13-6-4-3-5-12(13)2/h3-9H,10H2,1-2H3. The first-order valence-electron chi connectivity index (χ1n) is 6.50. The summed E-state index contributed by atoms with van der Waals surface area (Å²) in [6.07, 6.45) is 0. The molecule has 0 fully saturated rings. The van der Waals surface area contributed by atoms with Crippen molar-refractivity contribution in [3.05, 3.63) is 69.3 Å². The Morgan fingerprint density at radius 1 is 1.14 bits per heavy atom. The summed E-state index contributed by atoms with van der Waals surface area (Å²) in [5.41, 5.74) is 1.71. The SMILES string of the molecule is Cc1ccc(S(=O)(=O)OCc2ccccc2C)c([N+](=O)[O-])c1. The average molecular weight is 321 g/mol. The van der Waals surface area contributed by atoms with Crippen LogP contribution in [0.3, 0.4) is 0 Å². The molecule has 116 valence electrons. The summed E-state index contributed by atoms with van der Waals surface area (Å²) in [5, 5.41) is 11.0. The van der Waals surface area contributed by atoms with E-state index in [-0.39, 0.29) is 6.61 Å². The van der Waals surface area contributed by atoms with Crippen LogP contribution in [-0.2, 0) is 20.9 Å². The quantitative estimate of drug-likeness (QED) is 0.480. The molecule has 2 rings (SSSR count). The predicted molar refractivity (Wildman–Crippen MR) is 81.0 cm³/mol. The summed E-state index contributed by atoms with van der Waals surface area (Å²) in [4.78, 5) is 9.88. The highest BCUT2D eigenvalue weighted by molar-refractivity contribution is 7.86. The molecule has 0 saturated carbocycles. The van der Waals surface area contributed by atoms with Crippen molar-refractivity contribution in [1.82, 2.24) is 0 Å². The Hall–Kier alpha value is -2.25. The van der Waals surface area contributed by atoms with Gasteiger partial charge in [0.05, 0.1) is 11.5 Å². The molecule has 0 saturated heterocycles. The van der Waals surface area contributed by atoms with E-state index < -0.39 is 25.6 Å². The van der Waals surface area contributed by atoms with Gasteiger partial charge in [0.25, 0.3) is 5.69 Å². The summed E-state index contributed by atoms with van der Waals surface area (Å²) < 4.78 is 29.4. The Balaban J connectivity index is 2.32. The third-order valence-electron chi connectivity index (χ3n) is 3.21. The summed E-state index contributed by atoms with van der Waals surface area (Å²) in [6.45, 7) is 3.32. The van der Waals surface area contributed by atoms with Crippen LogP contribution >= 0.6 is 0 Å². The van der Waals surface area contributed by atoms with Gasteiger partial charge in [0.15, 0.2) is 4.90 Å². The van der Waals surface area contributed by atoms with Crippen LogP contribution in [0.5, 0.6) is 0 Å². The van der Waals surface area contributed by atoms with Gasteiger partial charge >= 0.3 is 10.1 Å². The molecule has 0 aliphatic carbocycles. The molecule has 0 aromatic heterocycles. The molecule has 0 atom stereocenters. The third kappa shape index (κ3) is 3.49. The minimum atomic E-state index is -4.21. The van der Waals surface area contributed by atoms with E-state index in [4.69, 9.17) is 4.18 Å². The zero-order valence-corrected chi connectivity index (χ0v) is 13.0. The number of nitro groups is 1. The summed E-state index contributed by atoms with van der Waals surface area (Å²) >= 11 is 0. The van der Waals surface area contributed by atoms with Crippen LogP contribution < -0.4 is 0 Å². The Kier molecular flexibility index (Phi) is 4.58. The molecule has 0 amide bonds. The fourth-order valence-corrected chi connectivity index (χ4v) is 2.99. The number of nitro benzene ring substituents is 1. The highest BCUT2D eigenvalue weighted by atomic mass is 32.2. The van der Waals surface area contributed by atoms with Crippen molar-refractivity contribution in [2.75, 3.05) is 0 Å². The fraction of sp³-hybridized carbons (Fsp3) is 0.200. The van der Waals surface area contributed by atoms with Crippen LogP contribution in [0.25, 0.3) is 0 Å². The van der Waals surface area contributed by atoms with Crippen molar-refractivity contribution >= 4 is 15.8 Å². The topological polar surface area (TPSA) is 86.5 Å². The van der Waals surface area contributed by atoms with E-state index in [9.17, 15) is 18.5 Å². The highest BCUT2D eigenvalue weighted by Crippen LogP contribution is 2.27. The number of hydrogen-bond acceptors (Lipinski definition) is 5. The monoisotopic (exact) mass is 321 g/mol. The normalized spacial score (nSPS) is 11.4. The average Bonchev–Trinajstić information content (AvgIpc) is 2.46. The van der Waals surface area contributed by atoms with Gasteiger partial charge in [-0.15, -0.1) is 0 Å². The molecular formula is C15H15NO5S. The van der Waals surface area contributed by atoms with E-state index >= 15 is 0 Å².